The van der Waals surface area contributed by atoms with Crippen LogP contribution in [0, 0.1) is 17.8 Å². The lowest BCUT2D eigenvalue weighted by Crippen LogP contribution is -2.54. The molecule has 8 nitrogen and oxygen atoms in total. The van der Waals surface area contributed by atoms with Crippen molar-refractivity contribution in [3.63, 3.8) is 0 Å². The van der Waals surface area contributed by atoms with E-state index in [1.807, 2.05) is 27.7 Å². The molecule has 6 N–H and O–H groups in total. The number of nitrogens with two attached hydrogens (primary N) is 1. The van der Waals surface area contributed by atoms with Crippen LogP contribution in [-0.2, 0) is 14.2 Å². The van der Waals surface area contributed by atoms with Crippen molar-refractivity contribution < 1.29 is 24.2 Å². The predicted molar refractivity (Wildman–Crippen MR) is 119 cm³/mol. The van der Waals surface area contributed by atoms with E-state index in [4.69, 9.17) is 5.73 Å². The van der Waals surface area contributed by atoms with Gasteiger partial charge in [0.25, 0.3) is 0 Å². The van der Waals surface area contributed by atoms with Crippen molar-refractivity contribution in [1.82, 2.24) is 10.6 Å². The molecule has 176 valence electrons. The SMILES string of the molecule is CC(C)C[C@@H](NC(=O)[C@@H](N)C(C)C)C(=O)NC[C@@H](O)CP(=O)(O)CC1CCCCC1. The summed E-state index contributed by atoms with van der Waals surface area (Å²) in [6.07, 6.45) is 4.61. The van der Waals surface area contributed by atoms with Crippen LogP contribution < -0.4 is 16.4 Å². The number of rotatable bonds is 12. The summed E-state index contributed by atoms with van der Waals surface area (Å²) in [7, 11) is -3.46. The minimum Gasteiger partial charge on any atom is -0.391 e. The zero-order chi connectivity index (χ0) is 22.9. The third-order valence-corrected chi connectivity index (χ3v) is 7.72. The molecule has 30 heavy (non-hydrogen) atoms. The zero-order valence-corrected chi connectivity index (χ0v) is 19.9. The number of amides is 2. The molecule has 0 saturated heterocycles. The third-order valence-electron chi connectivity index (χ3n) is 5.64. The van der Waals surface area contributed by atoms with Gasteiger partial charge in [0.2, 0.25) is 19.2 Å². The van der Waals surface area contributed by atoms with Crippen LogP contribution in [0.5, 0.6) is 0 Å². The first-order valence-corrected chi connectivity index (χ1v) is 13.3. The summed E-state index contributed by atoms with van der Waals surface area (Å²) in [4.78, 5) is 35.1. The molecule has 4 atom stereocenters. The first-order chi connectivity index (χ1) is 13.9. The van der Waals surface area contributed by atoms with Gasteiger partial charge in [0, 0.05) is 12.7 Å². The fraction of sp³-hybridized carbons (Fsp3) is 0.905. The molecule has 2 amide bonds. The maximum Gasteiger partial charge on any atom is 0.242 e. The van der Waals surface area contributed by atoms with Crippen LogP contribution in [0.15, 0.2) is 0 Å². The standard InChI is InChI=1S/C21H42N3O5P/c1-14(2)10-18(24-21(27)19(22)15(3)4)20(26)23-11-17(25)13-30(28,29)12-16-8-6-5-7-9-16/h14-19,25H,5-13,22H2,1-4H3,(H,23,26)(H,24,27)(H,28,29)/t17-,18-,19+/m1/s1. The maximum absolute atomic E-state index is 12.6. The zero-order valence-electron chi connectivity index (χ0n) is 19.0. The minimum absolute atomic E-state index is 0.0579. The maximum atomic E-state index is 12.6. The van der Waals surface area contributed by atoms with Gasteiger partial charge < -0.3 is 26.4 Å². The molecule has 1 unspecified atom stereocenters. The Bertz CT molecular complexity index is 593. The highest BCUT2D eigenvalue weighted by molar-refractivity contribution is 7.58. The van der Waals surface area contributed by atoms with Crippen LogP contribution in [0.1, 0.15) is 66.2 Å². The Morgan fingerprint density at radius 1 is 1.10 bits per heavy atom. The normalized spacial score (nSPS) is 20.4. The number of carbonyl (C=O) groups excluding carboxylic acids is 2. The molecular formula is C21H42N3O5P. The Hall–Kier alpha value is -0.950. The van der Waals surface area contributed by atoms with Gasteiger partial charge >= 0.3 is 0 Å². The van der Waals surface area contributed by atoms with E-state index < -0.39 is 37.4 Å². The highest BCUT2D eigenvalue weighted by Crippen LogP contribution is 2.45. The number of aliphatic hydroxyl groups excluding tert-OH is 1. The molecule has 1 aliphatic carbocycles. The van der Waals surface area contributed by atoms with E-state index in [1.54, 1.807) is 0 Å². The van der Waals surface area contributed by atoms with E-state index in [2.05, 4.69) is 10.6 Å². The fourth-order valence-corrected chi connectivity index (χ4v) is 5.97. The van der Waals surface area contributed by atoms with Crippen LogP contribution in [0.2, 0.25) is 0 Å². The molecule has 9 heteroatoms. The highest BCUT2D eigenvalue weighted by atomic mass is 31.2. The lowest BCUT2D eigenvalue weighted by atomic mass is 9.91. The Morgan fingerprint density at radius 2 is 1.70 bits per heavy atom. The van der Waals surface area contributed by atoms with Crippen molar-refractivity contribution in [2.75, 3.05) is 18.9 Å². The minimum atomic E-state index is -3.46. The van der Waals surface area contributed by atoms with Gasteiger partial charge in [-0.15, -0.1) is 0 Å². The fourth-order valence-electron chi connectivity index (χ4n) is 3.86. The first-order valence-electron chi connectivity index (χ1n) is 11.2. The van der Waals surface area contributed by atoms with Crippen LogP contribution in [-0.4, -0.2) is 58.9 Å². The summed E-state index contributed by atoms with van der Waals surface area (Å²) in [5.41, 5.74) is 5.87. The molecule has 0 aliphatic heterocycles. The molecule has 1 aliphatic rings. The molecule has 0 aromatic heterocycles. The largest absolute Gasteiger partial charge is 0.391 e. The monoisotopic (exact) mass is 447 g/mol. The quantitative estimate of drug-likeness (QED) is 0.289. The van der Waals surface area contributed by atoms with Gasteiger partial charge in [0.05, 0.1) is 18.3 Å². The summed E-state index contributed by atoms with van der Waals surface area (Å²) < 4.78 is 12.5. The Balaban J connectivity index is 2.55. The van der Waals surface area contributed by atoms with Gasteiger partial charge in [-0.25, -0.2) is 0 Å². The van der Waals surface area contributed by atoms with Crippen LogP contribution in [0.3, 0.4) is 0 Å². The third kappa shape index (κ3) is 10.4. The van der Waals surface area contributed by atoms with Gasteiger partial charge in [-0.2, -0.15) is 0 Å². The summed E-state index contributed by atoms with van der Waals surface area (Å²) in [6, 6.07) is -1.48. The molecule has 0 spiro atoms. The molecule has 0 bridgehead atoms. The molecule has 0 aromatic carbocycles. The van der Waals surface area contributed by atoms with Crippen molar-refractivity contribution in [3.05, 3.63) is 0 Å². The van der Waals surface area contributed by atoms with Crippen molar-refractivity contribution in [2.45, 2.75) is 84.4 Å². The topological polar surface area (TPSA) is 142 Å². The highest BCUT2D eigenvalue weighted by Gasteiger charge is 2.30. The number of hydrogen-bond acceptors (Lipinski definition) is 5. The second-order valence-corrected chi connectivity index (χ2v) is 12.0. The van der Waals surface area contributed by atoms with Gasteiger partial charge in [0.1, 0.15) is 6.04 Å². The van der Waals surface area contributed by atoms with E-state index in [9.17, 15) is 24.2 Å². The molecule has 0 heterocycles. The van der Waals surface area contributed by atoms with Gasteiger partial charge in [-0.3, -0.25) is 14.2 Å². The number of carbonyl (C=O) groups is 2. The van der Waals surface area contributed by atoms with Crippen molar-refractivity contribution in [1.29, 1.82) is 0 Å². The van der Waals surface area contributed by atoms with Crippen molar-refractivity contribution in [3.8, 4) is 0 Å². The van der Waals surface area contributed by atoms with Crippen LogP contribution in [0.4, 0.5) is 0 Å². The van der Waals surface area contributed by atoms with Crippen molar-refractivity contribution >= 4 is 19.2 Å². The lowest BCUT2D eigenvalue weighted by molar-refractivity contribution is -0.130. The smallest absolute Gasteiger partial charge is 0.242 e. The summed E-state index contributed by atoms with van der Waals surface area (Å²) in [6.45, 7) is 7.42. The summed E-state index contributed by atoms with van der Waals surface area (Å²) >= 11 is 0. The van der Waals surface area contributed by atoms with Crippen LogP contribution >= 0.6 is 7.37 Å². The van der Waals surface area contributed by atoms with E-state index in [1.165, 1.54) is 6.42 Å². The second-order valence-electron chi connectivity index (χ2n) is 9.57. The van der Waals surface area contributed by atoms with Crippen LogP contribution in [0.25, 0.3) is 0 Å². The van der Waals surface area contributed by atoms with E-state index in [0.717, 1.165) is 25.7 Å². The van der Waals surface area contributed by atoms with E-state index in [-0.39, 0.29) is 36.6 Å². The first kappa shape index (κ1) is 27.1. The molecule has 1 rings (SSSR count). The predicted octanol–water partition coefficient (Wildman–Crippen LogP) is 1.83. The molecular weight excluding hydrogens is 405 g/mol. The van der Waals surface area contributed by atoms with Gasteiger partial charge in [0.15, 0.2) is 0 Å². The summed E-state index contributed by atoms with van der Waals surface area (Å²) in [5.74, 6) is -0.468. The number of aliphatic hydroxyl groups is 1. The van der Waals surface area contributed by atoms with Gasteiger partial charge in [-0.05, 0) is 37.0 Å². The van der Waals surface area contributed by atoms with Crippen molar-refractivity contribution in [2.24, 2.45) is 23.5 Å². The van der Waals surface area contributed by atoms with Gasteiger partial charge in [-0.1, -0.05) is 47.0 Å². The van der Waals surface area contributed by atoms with E-state index >= 15 is 0 Å². The Labute approximate surface area is 181 Å². The molecule has 1 saturated carbocycles. The molecule has 1 fully saturated rings. The summed E-state index contributed by atoms with van der Waals surface area (Å²) in [5, 5.41) is 15.5. The second kappa shape index (κ2) is 12.8. The Kier molecular flexibility index (Phi) is 11.6. The number of hydrogen-bond donors (Lipinski definition) is 5. The lowest BCUT2D eigenvalue weighted by Gasteiger charge is -2.26. The molecule has 0 radical (unpaired) electrons. The average molecular weight is 448 g/mol. The molecule has 0 aromatic rings. The number of nitrogens with one attached hydrogen (secondary N) is 2. The average Bonchev–Trinajstić information content (AvgIpc) is 2.64. The van der Waals surface area contributed by atoms with E-state index in [0.29, 0.717) is 6.42 Å². The Morgan fingerprint density at radius 3 is 2.23 bits per heavy atom.